The second-order valence-electron chi connectivity index (χ2n) is 6.59. The van der Waals surface area contributed by atoms with E-state index in [1.54, 1.807) is 12.4 Å². The molecule has 2 heterocycles. The van der Waals surface area contributed by atoms with Crippen molar-refractivity contribution in [3.05, 3.63) is 65.5 Å². The number of fused-ring (bicyclic) bond motifs is 1. The first-order chi connectivity index (χ1) is 12.3. The molecule has 0 saturated carbocycles. The fourth-order valence-electron chi connectivity index (χ4n) is 3.33. The lowest BCUT2D eigenvalue weighted by Crippen LogP contribution is -2.41. The molecule has 0 saturated heterocycles. The topological polar surface area (TPSA) is 65.5 Å². The van der Waals surface area contributed by atoms with Crippen LogP contribution < -0.4 is 5.32 Å². The van der Waals surface area contributed by atoms with Crippen LogP contribution in [0.25, 0.3) is 0 Å². The molecule has 2 atom stereocenters. The monoisotopic (exact) mass is 339 g/mol. The standard InChI is InChI=1S/C20H25N3O2/c24-15-19(17-5-8-21-9-6-17)11-22-12-20(25)14-23-10-7-16-3-1-2-4-18(16)13-23/h1-6,8-9,15,19-20,22,25H,7,10-14H2. The van der Waals surface area contributed by atoms with E-state index in [2.05, 4.69) is 39.5 Å². The SMILES string of the molecule is O=CC(CNCC(O)CN1CCc2ccccc2C1)c1ccncc1. The van der Waals surface area contributed by atoms with Gasteiger partial charge in [-0.25, -0.2) is 0 Å². The normalized spacial score (nSPS) is 16.8. The number of rotatable bonds is 8. The van der Waals surface area contributed by atoms with Gasteiger partial charge in [0.05, 0.1) is 12.0 Å². The number of carbonyl (C=O) groups excluding carboxylic acids is 1. The van der Waals surface area contributed by atoms with Crippen molar-refractivity contribution in [3.8, 4) is 0 Å². The van der Waals surface area contributed by atoms with Gasteiger partial charge in [0, 0.05) is 45.1 Å². The maximum atomic E-state index is 11.3. The molecule has 0 spiro atoms. The van der Waals surface area contributed by atoms with Crippen LogP contribution in [0.1, 0.15) is 22.6 Å². The van der Waals surface area contributed by atoms with Crippen molar-refractivity contribution in [3.63, 3.8) is 0 Å². The Morgan fingerprint density at radius 1 is 1.16 bits per heavy atom. The van der Waals surface area contributed by atoms with E-state index >= 15 is 0 Å². The summed E-state index contributed by atoms with van der Waals surface area (Å²) in [6.07, 6.45) is 4.90. The minimum absolute atomic E-state index is 0.211. The van der Waals surface area contributed by atoms with E-state index < -0.39 is 6.10 Å². The van der Waals surface area contributed by atoms with Crippen LogP contribution >= 0.6 is 0 Å². The average Bonchev–Trinajstić information content (AvgIpc) is 2.66. The third-order valence-corrected chi connectivity index (χ3v) is 4.72. The Labute approximate surface area is 148 Å². The largest absolute Gasteiger partial charge is 0.390 e. The molecule has 1 aliphatic rings. The third-order valence-electron chi connectivity index (χ3n) is 4.72. The van der Waals surface area contributed by atoms with Gasteiger partial charge in [-0.3, -0.25) is 9.88 Å². The molecule has 0 aliphatic carbocycles. The van der Waals surface area contributed by atoms with E-state index in [0.29, 0.717) is 19.6 Å². The number of carbonyl (C=O) groups is 1. The molecule has 2 unspecified atom stereocenters. The van der Waals surface area contributed by atoms with E-state index in [9.17, 15) is 9.90 Å². The molecule has 0 bridgehead atoms. The molecule has 0 radical (unpaired) electrons. The van der Waals surface area contributed by atoms with Gasteiger partial charge in [0.1, 0.15) is 6.29 Å². The smallest absolute Gasteiger partial charge is 0.128 e. The number of pyridine rings is 1. The van der Waals surface area contributed by atoms with Gasteiger partial charge in [-0.05, 0) is 35.2 Å². The fraction of sp³-hybridized carbons (Fsp3) is 0.400. The van der Waals surface area contributed by atoms with Gasteiger partial charge in [-0.15, -0.1) is 0 Å². The number of aldehydes is 1. The minimum Gasteiger partial charge on any atom is -0.390 e. The van der Waals surface area contributed by atoms with Crippen molar-refractivity contribution >= 4 is 6.29 Å². The van der Waals surface area contributed by atoms with Gasteiger partial charge in [-0.2, -0.15) is 0 Å². The summed E-state index contributed by atoms with van der Waals surface area (Å²) in [5.41, 5.74) is 3.71. The summed E-state index contributed by atoms with van der Waals surface area (Å²) in [4.78, 5) is 17.5. The highest BCUT2D eigenvalue weighted by atomic mass is 16.3. The lowest BCUT2D eigenvalue weighted by Gasteiger charge is -2.30. The van der Waals surface area contributed by atoms with E-state index in [1.165, 1.54) is 11.1 Å². The predicted octanol–water partition coefficient (Wildman–Crippen LogP) is 1.37. The molecular formula is C20H25N3O2. The van der Waals surface area contributed by atoms with Crippen LogP contribution in [-0.4, -0.2) is 53.6 Å². The van der Waals surface area contributed by atoms with Gasteiger partial charge < -0.3 is 15.2 Å². The number of hydrogen-bond donors (Lipinski definition) is 2. The van der Waals surface area contributed by atoms with Crippen molar-refractivity contribution in [1.29, 1.82) is 0 Å². The molecule has 3 rings (SSSR count). The molecule has 25 heavy (non-hydrogen) atoms. The van der Waals surface area contributed by atoms with Crippen molar-refractivity contribution in [1.82, 2.24) is 15.2 Å². The molecule has 132 valence electrons. The molecule has 1 aliphatic heterocycles. The molecule has 2 aromatic rings. The Kier molecular flexibility index (Phi) is 6.28. The average molecular weight is 339 g/mol. The minimum atomic E-state index is -0.449. The van der Waals surface area contributed by atoms with Crippen LogP contribution in [0.4, 0.5) is 0 Å². The summed E-state index contributed by atoms with van der Waals surface area (Å²) in [7, 11) is 0. The highest BCUT2D eigenvalue weighted by molar-refractivity contribution is 5.62. The van der Waals surface area contributed by atoms with Crippen molar-refractivity contribution < 1.29 is 9.90 Å². The lowest BCUT2D eigenvalue weighted by atomic mass is 9.99. The van der Waals surface area contributed by atoms with E-state index in [-0.39, 0.29) is 5.92 Å². The van der Waals surface area contributed by atoms with E-state index in [0.717, 1.165) is 31.4 Å². The van der Waals surface area contributed by atoms with Crippen LogP contribution in [-0.2, 0) is 17.8 Å². The number of nitrogens with one attached hydrogen (secondary N) is 1. The number of β-amino-alcohol motifs (C(OH)–C–C–N with tert-alkyl or cyclic N) is 1. The zero-order valence-electron chi connectivity index (χ0n) is 14.3. The summed E-state index contributed by atoms with van der Waals surface area (Å²) in [5, 5.41) is 13.5. The first-order valence-electron chi connectivity index (χ1n) is 8.79. The number of benzene rings is 1. The summed E-state index contributed by atoms with van der Waals surface area (Å²) in [5.74, 6) is -0.211. The molecule has 0 amide bonds. The summed E-state index contributed by atoms with van der Waals surface area (Å²) >= 11 is 0. The Bertz CT molecular complexity index is 678. The van der Waals surface area contributed by atoms with Crippen LogP contribution in [0.15, 0.2) is 48.8 Å². The van der Waals surface area contributed by atoms with Crippen molar-refractivity contribution in [2.24, 2.45) is 0 Å². The summed E-state index contributed by atoms with van der Waals surface area (Å²) in [6, 6.07) is 12.2. The lowest BCUT2D eigenvalue weighted by molar-refractivity contribution is -0.109. The second-order valence-corrected chi connectivity index (χ2v) is 6.59. The Morgan fingerprint density at radius 2 is 1.92 bits per heavy atom. The highest BCUT2D eigenvalue weighted by Crippen LogP contribution is 2.18. The molecule has 1 aromatic carbocycles. The quantitative estimate of drug-likeness (QED) is 0.711. The molecular weight excluding hydrogens is 314 g/mol. The number of nitrogens with zero attached hydrogens (tertiary/aromatic N) is 2. The molecule has 2 N–H and O–H groups in total. The van der Waals surface area contributed by atoms with Gasteiger partial charge in [-0.1, -0.05) is 24.3 Å². The first kappa shape index (κ1) is 17.7. The van der Waals surface area contributed by atoms with Gasteiger partial charge in [0.15, 0.2) is 0 Å². The van der Waals surface area contributed by atoms with Gasteiger partial charge in [0.2, 0.25) is 0 Å². The van der Waals surface area contributed by atoms with Crippen LogP contribution in [0.3, 0.4) is 0 Å². The number of aliphatic hydroxyl groups is 1. The molecule has 1 aromatic heterocycles. The second kappa shape index (κ2) is 8.85. The van der Waals surface area contributed by atoms with Gasteiger partial charge in [0.25, 0.3) is 0 Å². The summed E-state index contributed by atoms with van der Waals surface area (Å²) in [6.45, 7) is 3.51. The van der Waals surface area contributed by atoms with Crippen LogP contribution in [0.5, 0.6) is 0 Å². The molecule has 5 heteroatoms. The maximum Gasteiger partial charge on any atom is 0.128 e. The van der Waals surface area contributed by atoms with Gasteiger partial charge >= 0.3 is 0 Å². The maximum absolute atomic E-state index is 11.3. The third kappa shape index (κ3) is 4.95. The Morgan fingerprint density at radius 3 is 2.68 bits per heavy atom. The van der Waals surface area contributed by atoms with Crippen LogP contribution in [0, 0.1) is 0 Å². The Balaban J connectivity index is 1.43. The predicted molar refractivity (Wildman–Crippen MR) is 97.3 cm³/mol. The highest BCUT2D eigenvalue weighted by Gasteiger charge is 2.18. The zero-order valence-corrected chi connectivity index (χ0v) is 14.3. The number of hydrogen-bond acceptors (Lipinski definition) is 5. The van der Waals surface area contributed by atoms with E-state index in [1.807, 2.05) is 12.1 Å². The molecule has 5 nitrogen and oxygen atoms in total. The van der Waals surface area contributed by atoms with Crippen LogP contribution in [0.2, 0.25) is 0 Å². The number of aliphatic hydroxyl groups excluding tert-OH is 1. The van der Waals surface area contributed by atoms with Crippen molar-refractivity contribution in [2.75, 3.05) is 26.2 Å². The number of aromatic nitrogens is 1. The molecule has 0 fully saturated rings. The Hall–Kier alpha value is -2.08. The van der Waals surface area contributed by atoms with E-state index in [4.69, 9.17) is 0 Å². The fourth-order valence-corrected chi connectivity index (χ4v) is 3.33. The zero-order chi connectivity index (χ0) is 17.5. The van der Waals surface area contributed by atoms with Crippen molar-refractivity contribution in [2.45, 2.75) is 25.0 Å². The summed E-state index contributed by atoms with van der Waals surface area (Å²) < 4.78 is 0. The first-order valence-corrected chi connectivity index (χ1v) is 8.79.